The van der Waals surface area contributed by atoms with Gasteiger partial charge in [0, 0.05) is 24.2 Å². The molecule has 2 N–H and O–H groups in total. The number of sulfonamides is 1. The number of nitrogens with zero attached hydrogens (tertiary/aromatic N) is 3. The van der Waals surface area contributed by atoms with Gasteiger partial charge in [0.05, 0.1) is 6.20 Å². The van der Waals surface area contributed by atoms with E-state index in [9.17, 15) is 8.42 Å². The molecule has 2 rings (SSSR count). The Morgan fingerprint density at radius 1 is 1.33 bits per heavy atom. The van der Waals surface area contributed by atoms with Crippen LogP contribution in [0.1, 0.15) is 11.3 Å². The number of rotatable bonds is 9. The number of hydrogen-bond acceptors (Lipinski definition) is 6. The second-order valence-electron chi connectivity index (χ2n) is 4.49. The molecule has 116 valence electrons. The minimum absolute atomic E-state index is 0.370. The lowest BCUT2D eigenvalue weighted by molar-refractivity contribution is 0.543. The fourth-order valence-corrected chi connectivity index (χ4v) is 4.23. The first-order chi connectivity index (χ1) is 10.1. The van der Waals surface area contributed by atoms with Crippen molar-refractivity contribution in [2.45, 2.75) is 23.6 Å². The summed E-state index contributed by atoms with van der Waals surface area (Å²) in [7, 11) is -1.53. The highest BCUT2D eigenvalue weighted by Gasteiger charge is 2.15. The van der Waals surface area contributed by atoms with Crippen molar-refractivity contribution in [1.29, 1.82) is 0 Å². The summed E-state index contributed by atoms with van der Waals surface area (Å²) in [5.74, 6) is 0. The van der Waals surface area contributed by atoms with Crippen molar-refractivity contribution in [2.75, 3.05) is 20.1 Å². The van der Waals surface area contributed by atoms with E-state index in [2.05, 4.69) is 20.4 Å². The Kier molecular flexibility index (Phi) is 5.85. The fraction of sp³-hybridized carbons (Fsp3) is 0.500. The predicted molar refractivity (Wildman–Crippen MR) is 81.8 cm³/mol. The highest BCUT2D eigenvalue weighted by molar-refractivity contribution is 7.91. The lowest BCUT2D eigenvalue weighted by atomic mass is 10.3. The van der Waals surface area contributed by atoms with Crippen LogP contribution in [-0.4, -0.2) is 43.5 Å². The molecule has 0 unspecified atom stereocenters. The Hall–Kier alpha value is -1.29. The normalized spacial score (nSPS) is 11.9. The lowest BCUT2D eigenvalue weighted by Gasteiger charge is -2.04. The molecule has 0 aliphatic rings. The number of hydrogen-bond donors (Lipinski definition) is 2. The van der Waals surface area contributed by atoms with Gasteiger partial charge in [0.25, 0.3) is 0 Å². The molecule has 0 aliphatic heterocycles. The van der Waals surface area contributed by atoms with E-state index in [0.29, 0.717) is 23.7 Å². The molecule has 0 fully saturated rings. The van der Waals surface area contributed by atoms with Crippen molar-refractivity contribution in [3.8, 4) is 0 Å². The Balaban J connectivity index is 1.82. The van der Waals surface area contributed by atoms with Crippen LogP contribution < -0.4 is 10.0 Å². The summed E-state index contributed by atoms with van der Waals surface area (Å²) in [4.78, 5) is 1.06. The molecular formula is C12H19N5O2S2. The summed E-state index contributed by atoms with van der Waals surface area (Å²) in [5, 5.41) is 10.6. The molecule has 0 spiro atoms. The maximum atomic E-state index is 12.1. The van der Waals surface area contributed by atoms with Crippen LogP contribution in [0.15, 0.2) is 28.7 Å². The Bertz CT molecular complexity index is 636. The van der Waals surface area contributed by atoms with Gasteiger partial charge < -0.3 is 5.32 Å². The smallest absolute Gasteiger partial charge is 0.250 e. The van der Waals surface area contributed by atoms with Gasteiger partial charge in [-0.1, -0.05) is 5.21 Å². The summed E-state index contributed by atoms with van der Waals surface area (Å²) >= 11 is 1.32. The number of aromatic nitrogens is 3. The predicted octanol–water partition coefficient (Wildman–Crippen LogP) is 0.470. The van der Waals surface area contributed by atoms with Crippen molar-refractivity contribution in [3.05, 3.63) is 29.4 Å². The third-order valence-electron chi connectivity index (χ3n) is 2.85. The van der Waals surface area contributed by atoms with Crippen molar-refractivity contribution >= 4 is 21.4 Å². The zero-order valence-electron chi connectivity index (χ0n) is 11.8. The van der Waals surface area contributed by atoms with Crippen molar-refractivity contribution in [2.24, 2.45) is 0 Å². The van der Waals surface area contributed by atoms with Gasteiger partial charge in [0.15, 0.2) is 0 Å². The van der Waals surface area contributed by atoms with Gasteiger partial charge in [0.1, 0.15) is 4.21 Å². The van der Waals surface area contributed by atoms with Crippen molar-refractivity contribution in [3.63, 3.8) is 0 Å². The summed E-state index contributed by atoms with van der Waals surface area (Å²) in [5.41, 5.74) is 0. The van der Waals surface area contributed by atoms with Gasteiger partial charge in [-0.15, -0.1) is 16.4 Å². The van der Waals surface area contributed by atoms with Gasteiger partial charge in [-0.3, -0.25) is 4.68 Å². The van der Waals surface area contributed by atoms with Gasteiger partial charge in [0.2, 0.25) is 10.0 Å². The van der Waals surface area contributed by atoms with Crippen LogP contribution in [0.25, 0.3) is 0 Å². The monoisotopic (exact) mass is 329 g/mol. The average Bonchev–Trinajstić information content (AvgIpc) is 3.13. The first-order valence-electron chi connectivity index (χ1n) is 6.69. The Labute approximate surface area is 128 Å². The molecule has 21 heavy (non-hydrogen) atoms. The van der Waals surface area contributed by atoms with E-state index in [0.717, 1.165) is 17.8 Å². The summed E-state index contributed by atoms with van der Waals surface area (Å²) in [6.07, 6.45) is 4.86. The largest absolute Gasteiger partial charge is 0.319 e. The van der Waals surface area contributed by atoms with E-state index in [-0.39, 0.29) is 0 Å². The Morgan fingerprint density at radius 3 is 2.90 bits per heavy atom. The molecule has 0 radical (unpaired) electrons. The second kappa shape index (κ2) is 7.64. The van der Waals surface area contributed by atoms with E-state index in [1.54, 1.807) is 23.1 Å². The first-order valence-corrected chi connectivity index (χ1v) is 8.99. The van der Waals surface area contributed by atoms with Crippen LogP contribution in [0.5, 0.6) is 0 Å². The minimum atomic E-state index is -3.40. The van der Waals surface area contributed by atoms with Gasteiger partial charge in [-0.05, 0) is 38.6 Å². The quantitative estimate of drug-likeness (QED) is 0.653. The molecule has 2 heterocycles. The number of thiophene rings is 1. The number of aryl methyl sites for hydroxylation is 1. The van der Waals surface area contributed by atoms with Crippen LogP contribution in [0, 0.1) is 0 Å². The average molecular weight is 329 g/mol. The minimum Gasteiger partial charge on any atom is -0.319 e. The van der Waals surface area contributed by atoms with Crippen LogP contribution in [0.3, 0.4) is 0 Å². The molecule has 0 aliphatic carbocycles. The number of nitrogens with one attached hydrogen (secondary N) is 2. The van der Waals surface area contributed by atoms with Crippen LogP contribution >= 0.6 is 11.3 Å². The molecule has 0 atom stereocenters. The molecule has 0 saturated carbocycles. The molecule has 2 aromatic heterocycles. The third kappa shape index (κ3) is 4.88. The maximum absolute atomic E-state index is 12.1. The van der Waals surface area contributed by atoms with Crippen LogP contribution in [0.4, 0.5) is 0 Å². The standard InChI is InChI=1S/C12H19N5O2S2/c1-13-7-5-11-3-4-12(20-11)21(18,19)15-6-2-9-17-10-8-14-16-17/h3-4,8,10,13,15H,2,5-7,9H2,1H3. The maximum Gasteiger partial charge on any atom is 0.250 e. The zero-order chi connectivity index (χ0) is 15.1. The molecular weight excluding hydrogens is 310 g/mol. The highest BCUT2D eigenvalue weighted by Crippen LogP contribution is 2.21. The summed E-state index contributed by atoms with van der Waals surface area (Å²) in [6.45, 7) is 1.86. The molecule has 0 aromatic carbocycles. The molecule has 7 nitrogen and oxygen atoms in total. The van der Waals surface area contributed by atoms with E-state index in [4.69, 9.17) is 0 Å². The summed E-state index contributed by atoms with van der Waals surface area (Å²) in [6, 6.07) is 3.53. The van der Waals surface area contributed by atoms with Gasteiger partial charge in [-0.25, -0.2) is 13.1 Å². The second-order valence-corrected chi connectivity index (χ2v) is 7.65. The third-order valence-corrected chi connectivity index (χ3v) is 5.95. The zero-order valence-corrected chi connectivity index (χ0v) is 13.5. The van der Waals surface area contributed by atoms with Crippen LogP contribution in [0.2, 0.25) is 0 Å². The molecule has 0 bridgehead atoms. The first kappa shape index (κ1) is 16.1. The highest BCUT2D eigenvalue weighted by atomic mass is 32.2. The van der Waals surface area contributed by atoms with E-state index < -0.39 is 10.0 Å². The molecule has 9 heteroatoms. The van der Waals surface area contributed by atoms with E-state index in [1.807, 2.05) is 13.1 Å². The van der Waals surface area contributed by atoms with E-state index in [1.165, 1.54) is 11.3 Å². The molecule has 0 saturated heterocycles. The fourth-order valence-electron chi connectivity index (χ4n) is 1.76. The van der Waals surface area contributed by atoms with Crippen LogP contribution in [-0.2, 0) is 23.0 Å². The lowest BCUT2D eigenvalue weighted by Crippen LogP contribution is -2.24. The van der Waals surface area contributed by atoms with Crippen molar-refractivity contribution < 1.29 is 8.42 Å². The van der Waals surface area contributed by atoms with Gasteiger partial charge >= 0.3 is 0 Å². The van der Waals surface area contributed by atoms with Gasteiger partial charge in [-0.2, -0.15) is 0 Å². The number of likely N-dealkylation sites (N-methyl/N-ethyl adjacent to an activating group) is 1. The topological polar surface area (TPSA) is 88.9 Å². The van der Waals surface area contributed by atoms with Crippen molar-refractivity contribution in [1.82, 2.24) is 25.0 Å². The summed E-state index contributed by atoms with van der Waals surface area (Å²) < 4.78 is 28.9. The SMILES string of the molecule is CNCCc1ccc(S(=O)(=O)NCCCn2ccnn2)s1. The molecule has 0 amide bonds. The Morgan fingerprint density at radius 2 is 2.19 bits per heavy atom. The molecule has 2 aromatic rings. The van der Waals surface area contributed by atoms with E-state index >= 15 is 0 Å².